The van der Waals surface area contributed by atoms with Crippen LogP contribution >= 0.6 is 0 Å². The summed E-state index contributed by atoms with van der Waals surface area (Å²) in [4.78, 5) is 15.0. The first-order valence-electron chi connectivity index (χ1n) is 6.23. The maximum absolute atomic E-state index is 13.6. The van der Waals surface area contributed by atoms with Crippen LogP contribution in [0.1, 0.15) is 34.6 Å². The number of hydrogen-bond donors (Lipinski definition) is 0. The van der Waals surface area contributed by atoms with Gasteiger partial charge in [0.1, 0.15) is 0 Å². The lowest BCUT2D eigenvalue weighted by molar-refractivity contribution is -0.137. The van der Waals surface area contributed by atoms with Gasteiger partial charge in [-0.05, 0) is 24.6 Å². The Morgan fingerprint density at radius 3 is 2.64 bits per heavy atom. The van der Waals surface area contributed by atoms with E-state index in [0.29, 0.717) is 0 Å². The minimum absolute atomic E-state index is 0.261. The van der Waals surface area contributed by atoms with Crippen molar-refractivity contribution in [1.82, 2.24) is 9.55 Å². The van der Waals surface area contributed by atoms with Gasteiger partial charge in [0.25, 0.3) is 0 Å². The van der Waals surface area contributed by atoms with Crippen LogP contribution in [0.5, 0.6) is 0 Å². The van der Waals surface area contributed by atoms with E-state index in [1.54, 1.807) is 0 Å². The van der Waals surface area contributed by atoms with E-state index in [4.69, 9.17) is 0 Å². The fourth-order valence-electron chi connectivity index (χ4n) is 2.05. The molecular weight excluding hydrogens is 304 g/mol. The van der Waals surface area contributed by atoms with Gasteiger partial charge in [-0.3, -0.25) is 0 Å². The molecule has 1 atom stereocenters. The van der Waals surface area contributed by atoms with Gasteiger partial charge in [0, 0.05) is 0 Å². The normalized spacial score (nSPS) is 13.0. The molecule has 2 rings (SSSR count). The van der Waals surface area contributed by atoms with Gasteiger partial charge < -0.3 is 9.30 Å². The van der Waals surface area contributed by atoms with E-state index in [1.165, 1.54) is 19.1 Å². The maximum Gasteiger partial charge on any atom is 0.416 e. The number of imidazole rings is 1. The molecule has 1 heterocycles. The number of aromatic nitrogens is 2. The van der Waals surface area contributed by atoms with Crippen LogP contribution in [0.25, 0.3) is 0 Å². The number of nitrogens with zero attached hydrogens (tertiary/aromatic N) is 2. The van der Waals surface area contributed by atoms with E-state index < -0.39 is 35.4 Å². The molecule has 22 heavy (non-hydrogen) atoms. The van der Waals surface area contributed by atoms with Gasteiger partial charge in [0.15, 0.2) is 5.69 Å². The zero-order valence-electron chi connectivity index (χ0n) is 11.7. The quantitative estimate of drug-likeness (QED) is 0.643. The topological polar surface area (TPSA) is 44.1 Å². The van der Waals surface area contributed by atoms with E-state index >= 15 is 0 Å². The number of esters is 1. The Balaban J connectivity index is 2.45. The van der Waals surface area contributed by atoms with E-state index in [-0.39, 0.29) is 5.56 Å². The molecule has 1 aromatic heterocycles. The highest BCUT2D eigenvalue weighted by Gasteiger charge is 2.31. The van der Waals surface area contributed by atoms with Crippen LogP contribution in [-0.2, 0) is 10.9 Å². The van der Waals surface area contributed by atoms with Crippen LogP contribution in [0.2, 0.25) is 0 Å². The summed E-state index contributed by atoms with van der Waals surface area (Å²) in [5, 5.41) is 0. The fraction of sp³-hybridized carbons (Fsp3) is 0.286. The Morgan fingerprint density at radius 1 is 1.36 bits per heavy atom. The second-order valence-corrected chi connectivity index (χ2v) is 4.58. The van der Waals surface area contributed by atoms with Crippen LogP contribution in [0.15, 0.2) is 30.6 Å². The lowest BCUT2D eigenvalue weighted by Crippen LogP contribution is -2.16. The summed E-state index contributed by atoms with van der Waals surface area (Å²) in [6.07, 6.45) is -3.44. The smallest absolute Gasteiger partial charge is 0.416 e. The molecule has 0 amide bonds. The first kappa shape index (κ1) is 16.0. The van der Waals surface area contributed by atoms with Gasteiger partial charge in [-0.25, -0.2) is 9.78 Å². The molecular formula is C14H12F4N2O2. The molecule has 2 aromatic rings. The lowest BCUT2D eigenvalue weighted by Gasteiger charge is -2.17. The molecule has 1 aromatic carbocycles. The second kappa shape index (κ2) is 5.78. The van der Waals surface area contributed by atoms with Crippen molar-refractivity contribution in [3.63, 3.8) is 0 Å². The molecule has 0 bridgehead atoms. The average Bonchev–Trinajstić information content (AvgIpc) is 2.86. The summed E-state index contributed by atoms with van der Waals surface area (Å²) < 4.78 is 57.4. The molecule has 118 valence electrons. The van der Waals surface area contributed by atoms with Crippen molar-refractivity contribution in [3.8, 4) is 0 Å². The predicted molar refractivity (Wildman–Crippen MR) is 68.8 cm³/mol. The highest BCUT2D eigenvalue weighted by atomic mass is 19.4. The fourth-order valence-corrected chi connectivity index (χ4v) is 2.05. The number of halogens is 4. The maximum atomic E-state index is 13.6. The van der Waals surface area contributed by atoms with E-state index in [9.17, 15) is 22.4 Å². The average molecular weight is 316 g/mol. The molecule has 0 fully saturated rings. The Labute approximate surface area is 123 Å². The third-order valence-corrected chi connectivity index (χ3v) is 3.24. The Morgan fingerprint density at radius 2 is 2.05 bits per heavy atom. The Hall–Kier alpha value is -2.38. The predicted octanol–water partition coefficient (Wildman–Crippen LogP) is 3.44. The Kier molecular flexibility index (Phi) is 4.20. The standard InChI is InChI=1S/C14H12F4N2O2/c1-8(9-4-3-5-10(6-9)14(16,17)18)20-7-19-12(15)11(20)13(21)22-2/h3-8H,1-2H3/t8-/m1/s1. The van der Waals surface area contributed by atoms with Gasteiger partial charge in [0.2, 0.25) is 5.95 Å². The van der Waals surface area contributed by atoms with Crippen molar-refractivity contribution >= 4 is 5.97 Å². The largest absolute Gasteiger partial charge is 0.464 e. The van der Waals surface area contributed by atoms with Crippen LogP contribution in [-0.4, -0.2) is 22.6 Å². The number of alkyl halides is 3. The molecule has 8 heteroatoms. The number of benzene rings is 1. The summed E-state index contributed by atoms with van der Waals surface area (Å²) in [7, 11) is 1.08. The molecule has 0 aliphatic heterocycles. The van der Waals surface area contributed by atoms with E-state index in [1.807, 2.05) is 0 Å². The monoisotopic (exact) mass is 316 g/mol. The first-order valence-corrected chi connectivity index (χ1v) is 6.23. The first-order chi connectivity index (χ1) is 10.3. The summed E-state index contributed by atoms with van der Waals surface area (Å²) in [5.74, 6) is -1.99. The summed E-state index contributed by atoms with van der Waals surface area (Å²) in [5.41, 5.74) is -0.998. The summed E-state index contributed by atoms with van der Waals surface area (Å²) in [6, 6.07) is 3.86. The Bertz CT molecular complexity index is 694. The third-order valence-electron chi connectivity index (χ3n) is 3.24. The molecule has 0 aliphatic carbocycles. The van der Waals surface area contributed by atoms with Crippen LogP contribution < -0.4 is 0 Å². The number of methoxy groups -OCH3 is 1. The van der Waals surface area contributed by atoms with Gasteiger partial charge in [0.05, 0.1) is 25.0 Å². The molecule has 0 saturated heterocycles. The summed E-state index contributed by atoms with van der Waals surface area (Å²) in [6.45, 7) is 1.53. The van der Waals surface area contributed by atoms with E-state index in [0.717, 1.165) is 30.1 Å². The minimum Gasteiger partial charge on any atom is -0.464 e. The molecule has 0 radical (unpaired) electrons. The van der Waals surface area contributed by atoms with Gasteiger partial charge in [-0.15, -0.1) is 0 Å². The van der Waals surface area contributed by atoms with Crippen molar-refractivity contribution < 1.29 is 27.1 Å². The summed E-state index contributed by atoms with van der Waals surface area (Å²) >= 11 is 0. The molecule has 0 unspecified atom stereocenters. The number of hydrogen-bond acceptors (Lipinski definition) is 3. The number of carbonyl (C=O) groups is 1. The highest BCUT2D eigenvalue weighted by Crippen LogP contribution is 2.31. The molecule has 0 saturated carbocycles. The SMILES string of the molecule is COC(=O)c1c(F)ncn1[C@H](C)c1cccc(C(F)(F)F)c1. The molecule has 0 aliphatic rings. The van der Waals surface area contributed by atoms with Crippen molar-refractivity contribution in [2.75, 3.05) is 7.11 Å². The zero-order chi connectivity index (χ0) is 16.5. The van der Waals surface area contributed by atoms with Crippen molar-refractivity contribution in [1.29, 1.82) is 0 Å². The van der Waals surface area contributed by atoms with Crippen molar-refractivity contribution in [2.24, 2.45) is 0 Å². The zero-order valence-corrected chi connectivity index (χ0v) is 11.7. The molecule has 4 nitrogen and oxygen atoms in total. The van der Waals surface area contributed by atoms with Crippen LogP contribution in [0.3, 0.4) is 0 Å². The molecule has 0 N–H and O–H groups in total. The van der Waals surface area contributed by atoms with E-state index in [2.05, 4.69) is 9.72 Å². The lowest BCUT2D eigenvalue weighted by atomic mass is 10.0. The van der Waals surface area contributed by atoms with Crippen molar-refractivity contribution in [3.05, 3.63) is 53.4 Å². The highest BCUT2D eigenvalue weighted by molar-refractivity contribution is 5.87. The van der Waals surface area contributed by atoms with Gasteiger partial charge in [-0.1, -0.05) is 12.1 Å². The third kappa shape index (κ3) is 2.95. The number of carbonyl (C=O) groups excluding carboxylic acids is 1. The van der Waals surface area contributed by atoms with Crippen molar-refractivity contribution in [2.45, 2.75) is 19.1 Å². The second-order valence-electron chi connectivity index (χ2n) is 4.58. The van der Waals surface area contributed by atoms with Gasteiger partial charge >= 0.3 is 12.1 Å². The number of rotatable bonds is 3. The number of ether oxygens (including phenoxy) is 1. The minimum atomic E-state index is -4.49. The van der Waals surface area contributed by atoms with Crippen LogP contribution in [0.4, 0.5) is 17.6 Å². The molecule has 0 spiro atoms. The van der Waals surface area contributed by atoms with Crippen LogP contribution in [0, 0.1) is 5.95 Å². The van der Waals surface area contributed by atoms with Gasteiger partial charge in [-0.2, -0.15) is 17.6 Å².